The quantitative estimate of drug-likeness (QED) is 0.602. The van der Waals surface area contributed by atoms with Crippen LogP contribution < -0.4 is 11.3 Å². The lowest BCUT2D eigenvalue weighted by Gasteiger charge is -2.27. The summed E-state index contributed by atoms with van der Waals surface area (Å²) in [7, 11) is 6.20. The largest absolute Gasteiger partial charge is 0.308 e. The van der Waals surface area contributed by atoms with Gasteiger partial charge in [0.15, 0.2) is 0 Å². The summed E-state index contributed by atoms with van der Waals surface area (Å²) in [5.74, 6) is 6.54. The first kappa shape index (κ1) is 14.3. The summed E-state index contributed by atoms with van der Waals surface area (Å²) in [4.78, 5) is 4.81. The lowest BCUT2D eigenvalue weighted by atomic mass is 10.2. The van der Waals surface area contributed by atoms with Crippen molar-refractivity contribution in [1.29, 1.82) is 0 Å². The molecule has 6 nitrogen and oxygen atoms in total. The maximum atomic E-state index is 5.62. The zero-order chi connectivity index (χ0) is 14.0. The molecule has 6 heteroatoms. The van der Waals surface area contributed by atoms with Gasteiger partial charge in [0.05, 0.1) is 5.69 Å². The van der Waals surface area contributed by atoms with Gasteiger partial charge in [0.2, 0.25) is 0 Å². The Labute approximate surface area is 115 Å². The number of likely N-dealkylation sites (tertiary alicyclic amines) is 1. The summed E-state index contributed by atoms with van der Waals surface area (Å²) in [5, 5.41) is 4.45. The van der Waals surface area contributed by atoms with Crippen molar-refractivity contribution < 1.29 is 0 Å². The Balaban J connectivity index is 2.12. The van der Waals surface area contributed by atoms with E-state index >= 15 is 0 Å². The monoisotopic (exact) mass is 266 g/mol. The van der Waals surface area contributed by atoms with E-state index in [1.807, 2.05) is 18.7 Å². The van der Waals surface area contributed by atoms with Gasteiger partial charge in [-0.1, -0.05) is 0 Å². The lowest BCUT2D eigenvalue weighted by molar-refractivity contribution is 0.201. The highest BCUT2D eigenvalue weighted by atomic mass is 15.4. The maximum absolute atomic E-state index is 5.62. The molecule has 1 atom stereocenters. The molecule has 0 spiro atoms. The van der Waals surface area contributed by atoms with E-state index in [0.717, 1.165) is 31.1 Å². The number of hydrazine groups is 1. The number of hydrogen-bond donors (Lipinski definition) is 2. The molecule has 1 aliphatic rings. The minimum atomic E-state index is 0.639. The summed E-state index contributed by atoms with van der Waals surface area (Å²) in [6.45, 7) is 5.26. The van der Waals surface area contributed by atoms with Gasteiger partial charge in [-0.2, -0.15) is 5.10 Å². The molecule has 1 aromatic rings. The van der Waals surface area contributed by atoms with Crippen LogP contribution in [0.5, 0.6) is 0 Å². The SMILES string of the molecule is Cc1nn(C)c(NN)c1CN1CCCC1CN(C)C. The number of aromatic nitrogens is 2. The predicted molar refractivity (Wildman–Crippen MR) is 77.7 cm³/mol. The molecule has 2 rings (SSSR count). The minimum Gasteiger partial charge on any atom is -0.308 e. The molecule has 0 bridgehead atoms. The fourth-order valence-electron chi connectivity index (χ4n) is 3.01. The highest BCUT2D eigenvalue weighted by Gasteiger charge is 2.27. The molecule has 1 unspecified atom stereocenters. The van der Waals surface area contributed by atoms with Gasteiger partial charge < -0.3 is 10.3 Å². The van der Waals surface area contributed by atoms with Gasteiger partial charge >= 0.3 is 0 Å². The Bertz CT molecular complexity index is 425. The molecule has 19 heavy (non-hydrogen) atoms. The van der Waals surface area contributed by atoms with Crippen molar-refractivity contribution in [2.75, 3.05) is 32.6 Å². The van der Waals surface area contributed by atoms with Crippen molar-refractivity contribution in [3.8, 4) is 0 Å². The summed E-state index contributed by atoms with van der Waals surface area (Å²) >= 11 is 0. The van der Waals surface area contributed by atoms with Crippen LogP contribution in [0.4, 0.5) is 5.82 Å². The molecule has 1 saturated heterocycles. The Morgan fingerprint density at radius 3 is 2.84 bits per heavy atom. The number of nitrogens with one attached hydrogen (secondary N) is 1. The van der Waals surface area contributed by atoms with Crippen LogP contribution in [0, 0.1) is 6.92 Å². The Morgan fingerprint density at radius 2 is 2.21 bits per heavy atom. The van der Waals surface area contributed by atoms with Crippen LogP contribution in [0.25, 0.3) is 0 Å². The molecule has 0 amide bonds. The van der Waals surface area contributed by atoms with Crippen molar-refractivity contribution in [2.24, 2.45) is 12.9 Å². The third-order valence-electron chi connectivity index (χ3n) is 3.92. The van der Waals surface area contributed by atoms with Gasteiger partial charge in [0, 0.05) is 31.7 Å². The molecule has 1 aliphatic heterocycles. The first-order valence-corrected chi connectivity index (χ1v) is 6.90. The summed E-state index contributed by atoms with van der Waals surface area (Å²) in [5.41, 5.74) is 5.06. The Morgan fingerprint density at radius 1 is 1.47 bits per heavy atom. The van der Waals surface area contributed by atoms with Gasteiger partial charge in [-0.05, 0) is 40.4 Å². The third kappa shape index (κ3) is 3.08. The number of nitrogens with two attached hydrogens (primary N) is 1. The van der Waals surface area contributed by atoms with Crippen molar-refractivity contribution in [3.63, 3.8) is 0 Å². The van der Waals surface area contributed by atoms with E-state index < -0.39 is 0 Å². The molecular weight excluding hydrogens is 240 g/mol. The maximum Gasteiger partial charge on any atom is 0.142 e. The average Bonchev–Trinajstić information content (AvgIpc) is 2.85. The third-order valence-corrected chi connectivity index (χ3v) is 3.92. The van der Waals surface area contributed by atoms with E-state index in [1.165, 1.54) is 18.4 Å². The van der Waals surface area contributed by atoms with Gasteiger partial charge in [-0.3, -0.25) is 9.58 Å². The molecule has 0 aromatic carbocycles. The van der Waals surface area contributed by atoms with Crippen LogP contribution in [0.2, 0.25) is 0 Å². The van der Waals surface area contributed by atoms with Crippen molar-refractivity contribution in [1.82, 2.24) is 19.6 Å². The van der Waals surface area contributed by atoms with E-state index in [0.29, 0.717) is 6.04 Å². The van der Waals surface area contributed by atoms with Crippen LogP contribution in [0.3, 0.4) is 0 Å². The molecule has 2 heterocycles. The average molecular weight is 266 g/mol. The van der Waals surface area contributed by atoms with Crippen LogP contribution >= 0.6 is 0 Å². The molecule has 0 aliphatic carbocycles. The first-order valence-electron chi connectivity index (χ1n) is 6.90. The van der Waals surface area contributed by atoms with Gasteiger partial charge in [0.1, 0.15) is 5.82 Å². The van der Waals surface area contributed by atoms with Crippen LogP contribution in [0.1, 0.15) is 24.1 Å². The van der Waals surface area contributed by atoms with E-state index in [4.69, 9.17) is 5.84 Å². The number of nitrogens with zero attached hydrogens (tertiary/aromatic N) is 4. The second-order valence-corrected chi connectivity index (χ2v) is 5.71. The second-order valence-electron chi connectivity index (χ2n) is 5.71. The molecular formula is C13H26N6. The van der Waals surface area contributed by atoms with Crippen molar-refractivity contribution >= 4 is 5.82 Å². The fraction of sp³-hybridized carbons (Fsp3) is 0.769. The van der Waals surface area contributed by atoms with Gasteiger partial charge in [-0.15, -0.1) is 0 Å². The Hall–Kier alpha value is -1.11. The number of aryl methyl sites for hydroxylation is 2. The number of anilines is 1. The zero-order valence-electron chi connectivity index (χ0n) is 12.5. The van der Waals surface area contributed by atoms with Gasteiger partial charge in [0.25, 0.3) is 0 Å². The Kier molecular flexibility index (Phi) is 4.44. The molecule has 108 valence electrons. The van der Waals surface area contributed by atoms with Crippen molar-refractivity contribution in [2.45, 2.75) is 32.4 Å². The summed E-state index contributed by atoms with van der Waals surface area (Å²) in [6, 6.07) is 0.639. The zero-order valence-corrected chi connectivity index (χ0v) is 12.5. The van der Waals surface area contributed by atoms with E-state index in [9.17, 15) is 0 Å². The molecule has 3 N–H and O–H groups in total. The highest BCUT2D eigenvalue weighted by Crippen LogP contribution is 2.25. The van der Waals surface area contributed by atoms with Crippen LogP contribution in [-0.4, -0.2) is 52.8 Å². The van der Waals surface area contributed by atoms with Crippen LogP contribution in [-0.2, 0) is 13.6 Å². The van der Waals surface area contributed by atoms with E-state index in [-0.39, 0.29) is 0 Å². The lowest BCUT2D eigenvalue weighted by Crippen LogP contribution is -2.37. The normalized spacial score (nSPS) is 20.4. The standard InChI is InChI=1S/C13H26N6/c1-10-12(13(15-14)18(4)16-10)9-19-7-5-6-11(19)8-17(2)3/h11,15H,5-9,14H2,1-4H3. The van der Waals surface area contributed by atoms with Crippen molar-refractivity contribution in [3.05, 3.63) is 11.3 Å². The minimum absolute atomic E-state index is 0.639. The number of likely N-dealkylation sites (N-methyl/N-ethyl adjacent to an activating group) is 1. The van der Waals surface area contributed by atoms with Crippen LogP contribution in [0.15, 0.2) is 0 Å². The fourth-order valence-corrected chi connectivity index (χ4v) is 3.01. The number of rotatable bonds is 5. The molecule has 1 fully saturated rings. The van der Waals surface area contributed by atoms with E-state index in [2.05, 4.69) is 34.4 Å². The topological polar surface area (TPSA) is 62.4 Å². The first-order chi connectivity index (χ1) is 9.02. The number of nitrogen functional groups attached to an aromatic ring is 1. The highest BCUT2D eigenvalue weighted by molar-refractivity contribution is 5.46. The second kappa shape index (κ2) is 5.90. The smallest absolute Gasteiger partial charge is 0.142 e. The molecule has 1 aromatic heterocycles. The summed E-state index contributed by atoms with van der Waals surface area (Å²) in [6.07, 6.45) is 2.56. The predicted octanol–water partition coefficient (Wildman–Crippen LogP) is 0.540. The van der Waals surface area contributed by atoms with Gasteiger partial charge in [-0.25, -0.2) is 5.84 Å². The summed E-state index contributed by atoms with van der Waals surface area (Å²) < 4.78 is 1.82. The molecule has 0 radical (unpaired) electrons. The number of hydrogen-bond acceptors (Lipinski definition) is 5. The molecule has 0 saturated carbocycles. The van der Waals surface area contributed by atoms with E-state index in [1.54, 1.807) is 0 Å².